The van der Waals surface area contributed by atoms with Crippen LogP contribution in [0.2, 0.25) is 5.02 Å². The van der Waals surface area contributed by atoms with Gasteiger partial charge in [0.25, 0.3) is 5.91 Å². The average Bonchev–Trinajstić information content (AvgIpc) is 2.83. The van der Waals surface area contributed by atoms with Crippen molar-refractivity contribution in [3.63, 3.8) is 0 Å². The Labute approximate surface area is 158 Å². The molecule has 1 heterocycles. The van der Waals surface area contributed by atoms with Gasteiger partial charge in [-0.1, -0.05) is 43.5 Å². The van der Waals surface area contributed by atoms with Crippen molar-refractivity contribution in [2.24, 2.45) is 5.92 Å². The fourth-order valence-electron chi connectivity index (χ4n) is 3.88. The van der Waals surface area contributed by atoms with Gasteiger partial charge >= 0.3 is 6.03 Å². The van der Waals surface area contributed by atoms with Crippen molar-refractivity contribution in [2.75, 3.05) is 13.1 Å². The molecule has 1 aromatic rings. The number of nitrogens with zero attached hydrogens (tertiary/aromatic N) is 1. The average molecular weight is 378 g/mol. The normalized spacial score (nSPS) is 25.5. The van der Waals surface area contributed by atoms with E-state index in [9.17, 15) is 14.4 Å². The van der Waals surface area contributed by atoms with E-state index in [1.165, 1.54) is 0 Å². The Kier molecular flexibility index (Phi) is 5.51. The number of imide groups is 1. The Hall–Kier alpha value is -2.08. The highest BCUT2D eigenvalue weighted by molar-refractivity contribution is 6.30. The summed E-state index contributed by atoms with van der Waals surface area (Å²) in [6.07, 6.45) is 4.16. The Morgan fingerprint density at radius 3 is 2.92 bits per heavy atom. The maximum absolute atomic E-state index is 12.8. The molecule has 6 nitrogen and oxygen atoms in total. The molecule has 7 heteroatoms. The van der Waals surface area contributed by atoms with Gasteiger partial charge in [0.15, 0.2) is 0 Å². The van der Waals surface area contributed by atoms with Gasteiger partial charge in [-0.05, 0) is 42.9 Å². The lowest BCUT2D eigenvalue weighted by Crippen LogP contribution is -2.54. The minimum Gasteiger partial charge on any atom is -0.354 e. The molecule has 2 atom stereocenters. The van der Waals surface area contributed by atoms with Crippen LogP contribution in [0.1, 0.15) is 38.2 Å². The molecule has 0 unspecified atom stereocenters. The summed E-state index contributed by atoms with van der Waals surface area (Å²) >= 11 is 5.94. The van der Waals surface area contributed by atoms with Crippen LogP contribution in [0.5, 0.6) is 0 Å². The zero-order chi connectivity index (χ0) is 18.7. The molecule has 0 aromatic heterocycles. The number of rotatable bonds is 5. The van der Waals surface area contributed by atoms with Gasteiger partial charge in [-0.15, -0.1) is 0 Å². The van der Waals surface area contributed by atoms with Crippen molar-refractivity contribution in [2.45, 2.75) is 44.6 Å². The van der Waals surface area contributed by atoms with E-state index in [1.807, 2.05) is 25.1 Å². The molecule has 1 spiro atoms. The van der Waals surface area contributed by atoms with Crippen LogP contribution in [0.25, 0.3) is 0 Å². The summed E-state index contributed by atoms with van der Waals surface area (Å²) in [5.74, 6) is -0.515. The van der Waals surface area contributed by atoms with Crippen molar-refractivity contribution >= 4 is 29.4 Å². The number of carbonyl (C=O) groups is 3. The summed E-state index contributed by atoms with van der Waals surface area (Å²) in [4.78, 5) is 38.3. The minimum absolute atomic E-state index is 0.0867. The molecule has 2 N–H and O–H groups in total. The lowest BCUT2D eigenvalue weighted by atomic mass is 9.73. The van der Waals surface area contributed by atoms with E-state index in [2.05, 4.69) is 10.6 Å². The molecule has 1 aliphatic carbocycles. The van der Waals surface area contributed by atoms with E-state index in [-0.39, 0.29) is 24.3 Å². The Bertz CT molecular complexity index is 724. The van der Waals surface area contributed by atoms with Crippen LogP contribution in [-0.4, -0.2) is 41.4 Å². The second kappa shape index (κ2) is 7.66. The molecule has 2 aliphatic rings. The van der Waals surface area contributed by atoms with Gasteiger partial charge in [-0.25, -0.2) is 4.79 Å². The number of amides is 4. The summed E-state index contributed by atoms with van der Waals surface area (Å²) in [5.41, 5.74) is 0.193. The van der Waals surface area contributed by atoms with Crippen molar-refractivity contribution in [3.05, 3.63) is 34.9 Å². The number of urea groups is 1. The summed E-state index contributed by atoms with van der Waals surface area (Å²) in [5, 5.41) is 6.27. The third kappa shape index (κ3) is 3.70. The number of carbonyl (C=O) groups excluding carboxylic acids is 3. The van der Waals surface area contributed by atoms with Gasteiger partial charge in [0.1, 0.15) is 12.1 Å². The molecule has 140 valence electrons. The van der Waals surface area contributed by atoms with Gasteiger partial charge < -0.3 is 10.6 Å². The lowest BCUT2D eigenvalue weighted by Gasteiger charge is -2.36. The van der Waals surface area contributed by atoms with E-state index >= 15 is 0 Å². The van der Waals surface area contributed by atoms with E-state index < -0.39 is 11.6 Å². The Morgan fingerprint density at radius 1 is 1.38 bits per heavy atom. The van der Waals surface area contributed by atoms with Gasteiger partial charge in [-0.3, -0.25) is 14.5 Å². The van der Waals surface area contributed by atoms with E-state index in [4.69, 9.17) is 11.6 Å². The molecule has 1 aliphatic heterocycles. The fourth-order valence-corrected chi connectivity index (χ4v) is 4.09. The van der Waals surface area contributed by atoms with Crippen LogP contribution < -0.4 is 10.6 Å². The molecule has 0 radical (unpaired) electrons. The first kappa shape index (κ1) is 18.7. The van der Waals surface area contributed by atoms with Crippen LogP contribution in [-0.2, 0) is 16.0 Å². The first-order chi connectivity index (χ1) is 12.4. The van der Waals surface area contributed by atoms with Crippen molar-refractivity contribution in [3.8, 4) is 0 Å². The van der Waals surface area contributed by atoms with Gasteiger partial charge in [0.05, 0.1) is 0 Å². The second-order valence-electron chi connectivity index (χ2n) is 7.17. The number of nitrogens with one attached hydrogen (secondary N) is 2. The minimum atomic E-state index is -0.823. The summed E-state index contributed by atoms with van der Waals surface area (Å²) < 4.78 is 0. The predicted molar refractivity (Wildman–Crippen MR) is 98.8 cm³/mol. The largest absolute Gasteiger partial charge is 0.354 e. The van der Waals surface area contributed by atoms with Crippen LogP contribution >= 0.6 is 11.6 Å². The van der Waals surface area contributed by atoms with E-state index in [0.29, 0.717) is 24.4 Å². The lowest BCUT2D eigenvalue weighted by molar-refractivity contribution is -0.137. The number of benzene rings is 1. The SMILES string of the molecule is C[C@@H]1CCCC[C@]12NC(=O)N(CC(=O)NCCc1cccc(Cl)c1)C2=O. The number of hydrogen-bond acceptors (Lipinski definition) is 3. The first-order valence-corrected chi connectivity index (χ1v) is 9.45. The molecular formula is C19H24ClN3O3. The quantitative estimate of drug-likeness (QED) is 0.774. The monoisotopic (exact) mass is 377 g/mol. The first-order valence-electron chi connectivity index (χ1n) is 9.07. The molecule has 2 fully saturated rings. The second-order valence-corrected chi connectivity index (χ2v) is 7.61. The zero-order valence-corrected chi connectivity index (χ0v) is 15.6. The summed E-state index contributed by atoms with van der Waals surface area (Å²) in [6, 6.07) is 6.97. The van der Waals surface area contributed by atoms with Crippen LogP contribution in [0.3, 0.4) is 0 Å². The molecule has 0 bridgehead atoms. The van der Waals surface area contributed by atoms with E-state index in [0.717, 1.165) is 29.7 Å². The predicted octanol–water partition coefficient (Wildman–Crippen LogP) is 2.50. The summed E-state index contributed by atoms with van der Waals surface area (Å²) in [6.45, 7) is 2.17. The standard InChI is InChI=1S/C19H24ClN3O3/c1-13-5-2-3-9-19(13)17(25)23(18(26)22-19)12-16(24)21-10-8-14-6-4-7-15(20)11-14/h4,6-7,11,13H,2-3,5,8-10,12H2,1H3,(H,21,24)(H,22,26)/t13-,19+/m1/s1. The Balaban J connectivity index is 1.54. The third-order valence-electron chi connectivity index (χ3n) is 5.43. The zero-order valence-electron chi connectivity index (χ0n) is 14.9. The highest BCUT2D eigenvalue weighted by atomic mass is 35.5. The molecule has 1 saturated heterocycles. The van der Waals surface area contributed by atoms with Gasteiger partial charge in [0, 0.05) is 11.6 Å². The smallest absolute Gasteiger partial charge is 0.325 e. The molecule has 3 rings (SSSR count). The highest BCUT2D eigenvalue weighted by Gasteiger charge is 2.55. The highest BCUT2D eigenvalue weighted by Crippen LogP contribution is 2.38. The Morgan fingerprint density at radius 2 is 2.19 bits per heavy atom. The van der Waals surface area contributed by atoms with Crippen molar-refractivity contribution in [1.29, 1.82) is 0 Å². The third-order valence-corrected chi connectivity index (χ3v) is 5.66. The molecule has 4 amide bonds. The maximum atomic E-state index is 12.8. The molecular weight excluding hydrogens is 354 g/mol. The van der Waals surface area contributed by atoms with Crippen LogP contribution in [0.4, 0.5) is 4.79 Å². The number of hydrogen-bond donors (Lipinski definition) is 2. The number of halogens is 1. The van der Waals surface area contributed by atoms with Crippen LogP contribution in [0, 0.1) is 5.92 Å². The maximum Gasteiger partial charge on any atom is 0.325 e. The summed E-state index contributed by atoms with van der Waals surface area (Å²) in [7, 11) is 0. The molecule has 1 saturated carbocycles. The van der Waals surface area contributed by atoms with Gasteiger partial charge in [-0.2, -0.15) is 0 Å². The van der Waals surface area contributed by atoms with Crippen molar-refractivity contribution in [1.82, 2.24) is 15.5 Å². The van der Waals surface area contributed by atoms with Crippen molar-refractivity contribution < 1.29 is 14.4 Å². The molecule has 1 aromatic carbocycles. The molecule has 26 heavy (non-hydrogen) atoms. The topological polar surface area (TPSA) is 78.5 Å². The van der Waals surface area contributed by atoms with E-state index in [1.54, 1.807) is 6.07 Å². The van der Waals surface area contributed by atoms with Gasteiger partial charge in [0.2, 0.25) is 5.91 Å². The fraction of sp³-hybridized carbons (Fsp3) is 0.526. The van der Waals surface area contributed by atoms with Crippen LogP contribution in [0.15, 0.2) is 24.3 Å².